The Morgan fingerprint density at radius 1 is 0.875 bits per heavy atom. The predicted octanol–water partition coefficient (Wildman–Crippen LogP) is 4.04. The molecule has 160 valence electrons. The molecule has 0 saturated carbocycles. The van der Waals surface area contributed by atoms with Crippen molar-refractivity contribution in [3.63, 3.8) is 0 Å². The number of nitrogens with zero attached hydrogens (tertiary/aromatic N) is 5. The van der Waals surface area contributed by atoms with Crippen molar-refractivity contribution in [1.82, 2.24) is 30.2 Å². The van der Waals surface area contributed by atoms with Crippen molar-refractivity contribution < 1.29 is 13.6 Å². The molecule has 0 saturated heterocycles. The molecule has 0 aliphatic heterocycles. The Balaban J connectivity index is 1.39. The third kappa shape index (κ3) is 4.94. The molecular formula is C23H18F2N6O. The van der Waals surface area contributed by atoms with Gasteiger partial charge >= 0.3 is 0 Å². The molecule has 0 aliphatic carbocycles. The van der Waals surface area contributed by atoms with E-state index in [9.17, 15) is 13.6 Å². The van der Waals surface area contributed by atoms with Crippen LogP contribution in [0, 0.1) is 0 Å². The van der Waals surface area contributed by atoms with Gasteiger partial charge in [0.15, 0.2) is 0 Å². The Kier molecular flexibility index (Phi) is 5.89. The van der Waals surface area contributed by atoms with Crippen LogP contribution in [0.1, 0.15) is 28.7 Å². The number of pyridine rings is 3. The molecule has 0 aromatic carbocycles. The van der Waals surface area contributed by atoms with Crippen molar-refractivity contribution in [2.75, 3.05) is 0 Å². The number of nitrogens with one attached hydrogen (secondary N) is 1. The highest BCUT2D eigenvalue weighted by Crippen LogP contribution is 2.28. The van der Waals surface area contributed by atoms with Gasteiger partial charge in [0.25, 0.3) is 11.8 Å². The second-order valence-electron chi connectivity index (χ2n) is 7.08. The highest BCUT2D eigenvalue weighted by Gasteiger charge is 2.26. The molecule has 4 aromatic heterocycles. The predicted molar refractivity (Wildman–Crippen MR) is 113 cm³/mol. The van der Waals surface area contributed by atoms with Crippen LogP contribution in [0.3, 0.4) is 0 Å². The Labute approximate surface area is 182 Å². The van der Waals surface area contributed by atoms with Crippen molar-refractivity contribution >= 4 is 5.91 Å². The molecule has 0 unspecified atom stereocenters. The molecule has 1 N–H and O–H groups in total. The van der Waals surface area contributed by atoms with Crippen molar-refractivity contribution in [3.8, 4) is 22.5 Å². The third-order valence-corrected chi connectivity index (χ3v) is 4.64. The number of carbonyl (C=O) groups excluding carboxylic acids is 1. The summed E-state index contributed by atoms with van der Waals surface area (Å²) in [6, 6.07) is 9.80. The zero-order chi connectivity index (χ0) is 22.6. The van der Waals surface area contributed by atoms with Gasteiger partial charge in [-0.25, -0.2) is 0 Å². The summed E-state index contributed by atoms with van der Waals surface area (Å²) in [5.41, 5.74) is 3.22. The third-order valence-electron chi connectivity index (χ3n) is 4.64. The SMILES string of the molecule is CC(F)(F)c1cc(-c2ccc(CNC(=O)c3ccc(-c4cnccn4)cn3)cn2)ccn1. The van der Waals surface area contributed by atoms with Gasteiger partial charge in [0.1, 0.15) is 11.4 Å². The average molecular weight is 432 g/mol. The lowest BCUT2D eigenvalue weighted by atomic mass is 10.1. The molecule has 0 aliphatic rings. The van der Waals surface area contributed by atoms with E-state index in [1.54, 1.807) is 61.3 Å². The summed E-state index contributed by atoms with van der Waals surface area (Å²) >= 11 is 0. The fourth-order valence-electron chi connectivity index (χ4n) is 2.93. The Hall–Kier alpha value is -4.14. The topological polar surface area (TPSA) is 93.6 Å². The molecule has 0 radical (unpaired) electrons. The maximum absolute atomic E-state index is 13.5. The lowest BCUT2D eigenvalue weighted by molar-refractivity contribution is 0.0128. The summed E-state index contributed by atoms with van der Waals surface area (Å²) in [5.74, 6) is -3.36. The lowest BCUT2D eigenvalue weighted by Gasteiger charge is -2.11. The fourth-order valence-corrected chi connectivity index (χ4v) is 2.93. The molecular weight excluding hydrogens is 414 g/mol. The zero-order valence-electron chi connectivity index (χ0n) is 17.0. The van der Waals surface area contributed by atoms with Crippen LogP contribution in [0.5, 0.6) is 0 Å². The number of hydrogen-bond acceptors (Lipinski definition) is 6. The molecule has 0 bridgehead atoms. The Bertz CT molecular complexity index is 1210. The standard InChI is InChI=1S/C23H18F2N6O/c1-23(24,25)21-10-16(6-7-28-21)18-4-2-15(11-29-18)12-31-22(32)19-5-3-17(13-30-19)20-14-26-8-9-27-20/h2-11,13-14H,12H2,1H3,(H,31,32). The minimum absolute atomic E-state index is 0.244. The van der Waals surface area contributed by atoms with Gasteiger partial charge in [-0.1, -0.05) is 6.07 Å². The van der Waals surface area contributed by atoms with Crippen LogP contribution >= 0.6 is 0 Å². The van der Waals surface area contributed by atoms with Crippen LogP contribution < -0.4 is 5.32 Å². The summed E-state index contributed by atoms with van der Waals surface area (Å²) in [5, 5.41) is 2.78. The number of amides is 1. The van der Waals surface area contributed by atoms with Gasteiger partial charge in [-0.2, -0.15) is 8.78 Å². The van der Waals surface area contributed by atoms with Gasteiger partial charge in [-0.05, 0) is 35.9 Å². The summed E-state index contributed by atoms with van der Waals surface area (Å²) in [7, 11) is 0. The zero-order valence-corrected chi connectivity index (χ0v) is 17.0. The summed E-state index contributed by atoms with van der Waals surface area (Å²) in [6.07, 6.45) is 9.27. The molecule has 4 heterocycles. The number of hydrogen-bond donors (Lipinski definition) is 1. The van der Waals surface area contributed by atoms with Gasteiger partial charge in [-0.3, -0.25) is 29.7 Å². The lowest BCUT2D eigenvalue weighted by Crippen LogP contribution is -2.23. The van der Waals surface area contributed by atoms with Gasteiger partial charge in [-0.15, -0.1) is 0 Å². The maximum atomic E-state index is 13.5. The summed E-state index contributed by atoms with van der Waals surface area (Å²) in [6.45, 7) is 1.05. The highest BCUT2D eigenvalue weighted by atomic mass is 19.3. The van der Waals surface area contributed by atoms with Crippen LogP contribution in [0.15, 0.2) is 73.6 Å². The van der Waals surface area contributed by atoms with Crippen LogP contribution in [0.25, 0.3) is 22.5 Å². The summed E-state index contributed by atoms with van der Waals surface area (Å²) < 4.78 is 27.0. The molecule has 7 nitrogen and oxygen atoms in total. The van der Waals surface area contributed by atoms with Crippen molar-refractivity contribution in [2.45, 2.75) is 19.4 Å². The van der Waals surface area contributed by atoms with Crippen molar-refractivity contribution in [3.05, 3.63) is 90.5 Å². The van der Waals surface area contributed by atoms with Crippen LogP contribution in [-0.4, -0.2) is 30.8 Å². The van der Waals surface area contributed by atoms with E-state index < -0.39 is 5.92 Å². The molecule has 0 spiro atoms. The fraction of sp³-hybridized carbons (Fsp3) is 0.130. The largest absolute Gasteiger partial charge is 0.347 e. The quantitative estimate of drug-likeness (QED) is 0.494. The molecule has 4 aromatic rings. The first-order valence-electron chi connectivity index (χ1n) is 9.70. The highest BCUT2D eigenvalue weighted by molar-refractivity contribution is 5.92. The van der Waals surface area contributed by atoms with E-state index in [0.717, 1.165) is 18.1 Å². The molecule has 4 rings (SSSR count). The minimum atomic E-state index is -3.03. The van der Waals surface area contributed by atoms with E-state index in [1.165, 1.54) is 12.3 Å². The van der Waals surface area contributed by atoms with Gasteiger partial charge in [0.05, 0.1) is 17.6 Å². The molecule has 1 amide bonds. The van der Waals surface area contributed by atoms with E-state index in [2.05, 4.69) is 30.2 Å². The number of aromatic nitrogens is 5. The first-order chi connectivity index (χ1) is 15.4. The minimum Gasteiger partial charge on any atom is -0.347 e. The van der Waals surface area contributed by atoms with Crippen LogP contribution in [0.4, 0.5) is 8.78 Å². The normalized spacial score (nSPS) is 11.2. The molecule has 32 heavy (non-hydrogen) atoms. The molecule has 0 atom stereocenters. The average Bonchev–Trinajstić information content (AvgIpc) is 2.83. The van der Waals surface area contributed by atoms with Crippen LogP contribution in [0.2, 0.25) is 0 Å². The maximum Gasteiger partial charge on any atom is 0.286 e. The van der Waals surface area contributed by atoms with E-state index >= 15 is 0 Å². The van der Waals surface area contributed by atoms with E-state index in [-0.39, 0.29) is 23.8 Å². The van der Waals surface area contributed by atoms with Gasteiger partial charge in [0.2, 0.25) is 0 Å². The van der Waals surface area contributed by atoms with Gasteiger partial charge < -0.3 is 5.32 Å². The monoisotopic (exact) mass is 432 g/mol. The number of rotatable bonds is 6. The Morgan fingerprint density at radius 3 is 2.41 bits per heavy atom. The molecule has 9 heteroatoms. The second-order valence-corrected chi connectivity index (χ2v) is 7.08. The second kappa shape index (κ2) is 8.93. The molecule has 0 fully saturated rings. The first kappa shape index (κ1) is 21.1. The first-order valence-corrected chi connectivity index (χ1v) is 9.70. The number of alkyl halides is 2. The van der Waals surface area contributed by atoms with Gasteiger partial charge in [0, 0.05) is 55.6 Å². The summed E-state index contributed by atoms with van der Waals surface area (Å²) in [4.78, 5) is 32.8. The number of carbonyl (C=O) groups is 1. The number of halogens is 2. The Morgan fingerprint density at radius 2 is 1.75 bits per heavy atom. The van der Waals surface area contributed by atoms with Crippen LogP contribution in [-0.2, 0) is 12.5 Å². The van der Waals surface area contributed by atoms with E-state index in [4.69, 9.17) is 0 Å². The van der Waals surface area contributed by atoms with Crippen molar-refractivity contribution in [2.24, 2.45) is 0 Å². The smallest absolute Gasteiger partial charge is 0.286 e. The van der Waals surface area contributed by atoms with Crippen molar-refractivity contribution in [1.29, 1.82) is 0 Å². The van der Waals surface area contributed by atoms with E-state index in [1.807, 2.05) is 0 Å². The van der Waals surface area contributed by atoms with E-state index in [0.29, 0.717) is 17.0 Å².